The van der Waals surface area contributed by atoms with Crippen LogP contribution in [0.2, 0.25) is 5.15 Å². The molecule has 0 spiro atoms. The number of halogens is 1. The Morgan fingerprint density at radius 1 is 1.14 bits per heavy atom. The van der Waals surface area contributed by atoms with Gasteiger partial charge in [-0.1, -0.05) is 23.7 Å². The van der Waals surface area contributed by atoms with E-state index in [2.05, 4.69) is 36.1 Å². The summed E-state index contributed by atoms with van der Waals surface area (Å²) >= 11 is 6.39. The largest absolute Gasteiger partial charge is 0.497 e. The SMILES string of the molecule is COc1cccc(NC(=O)CC2CN(Cc3cccnc3)CCN2c2cc(Cl)nc(-n3ccnc3)n2)c1. The molecule has 37 heavy (non-hydrogen) atoms. The third-order valence-electron chi connectivity index (χ3n) is 6.17. The molecule has 1 amide bonds. The Morgan fingerprint density at radius 2 is 2.05 bits per heavy atom. The number of amides is 1. The minimum Gasteiger partial charge on any atom is -0.497 e. The molecule has 1 aliphatic rings. The fraction of sp³-hybridized carbons (Fsp3) is 0.269. The van der Waals surface area contributed by atoms with Gasteiger partial charge in [0, 0.05) is 75.2 Å². The van der Waals surface area contributed by atoms with Crippen LogP contribution in [0.5, 0.6) is 5.75 Å². The van der Waals surface area contributed by atoms with Crippen LogP contribution in [0.3, 0.4) is 0 Å². The average Bonchev–Trinajstić information content (AvgIpc) is 3.44. The number of anilines is 2. The van der Waals surface area contributed by atoms with Crippen LogP contribution in [0.1, 0.15) is 12.0 Å². The van der Waals surface area contributed by atoms with Crippen molar-refractivity contribution in [3.05, 3.63) is 84.3 Å². The monoisotopic (exact) mass is 518 g/mol. The van der Waals surface area contributed by atoms with Crippen molar-refractivity contribution < 1.29 is 9.53 Å². The number of aromatic nitrogens is 5. The van der Waals surface area contributed by atoms with Crippen LogP contribution in [0, 0.1) is 0 Å². The number of nitrogens with zero attached hydrogens (tertiary/aromatic N) is 7. The van der Waals surface area contributed by atoms with Crippen LogP contribution in [-0.2, 0) is 11.3 Å². The summed E-state index contributed by atoms with van der Waals surface area (Å²) in [5.74, 6) is 1.69. The second-order valence-corrected chi connectivity index (χ2v) is 9.13. The van der Waals surface area contributed by atoms with Crippen LogP contribution in [0.15, 0.2) is 73.6 Å². The Labute approximate surface area is 219 Å². The number of methoxy groups -OCH3 is 1. The maximum absolute atomic E-state index is 13.2. The van der Waals surface area contributed by atoms with E-state index in [-0.39, 0.29) is 18.4 Å². The van der Waals surface area contributed by atoms with Gasteiger partial charge in [0.2, 0.25) is 11.9 Å². The van der Waals surface area contributed by atoms with E-state index in [0.29, 0.717) is 41.4 Å². The minimum absolute atomic E-state index is 0.0959. The smallest absolute Gasteiger partial charge is 0.238 e. The third kappa shape index (κ3) is 6.22. The van der Waals surface area contributed by atoms with Gasteiger partial charge in [-0.25, -0.2) is 9.97 Å². The Morgan fingerprint density at radius 3 is 2.84 bits per heavy atom. The van der Waals surface area contributed by atoms with Gasteiger partial charge in [-0.15, -0.1) is 0 Å². The topological polar surface area (TPSA) is 101 Å². The normalized spacial score (nSPS) is 15.9. The number of nitrogens with one attached hydrogen (secondary N) is 1. The molecule has 3 aromatic heterocycles. The highest BCUT2D eigenvalue weighted by Gasteiger charge is 2.30. The molecule has 0 saturated carbocycles. The maximum Gasteiger partial charge on any atom is 0.238 e. The van der Waals surface area contributed by atoms with E-state index in [0.717, 1.165) is 18.7 Å². The van der Waals surface area contributed by atoms with Gasteiger partial charge < -0.3 is 15.0 Å². The molecule has 1 atom stereocenters. The predicted molar refractivity (Wildman–Crippen MR) is 141 cm³/mol. The Hall–Kier alpha value is -4.02. The van der Waals surface area contributed by atoms with Crippen molar-refractivity contribution in [1.82, 2.24) is 29.4 Å². The zero-order valence-corrected chi connectivity index (χ0v) is 21.1. The molecule has 1 aromatic carbocycles. The second kappa shape index (κ2) is 11.4. The van der Waals surface area contributed by atoms with Crippen molar-refractivity contribution >= 4 is 29.0 Å². The summed E-state index contributed by atoms with van der Waals surface area (Å²) < 4.78 is 6.99. The summed E-state index contributed by atoms with van der Waals surface area (Å²) in [6.07, 6.45) is 8.96. The van der Waals surface area contributed by atoms with Gasteiger partial charge in [0.05, 0.1) is 13.2 Å². The summed E-state index contributed by atoms with van der Waals surface area (Å²) in [5.41, 5.74) is 1.81. The lowest BCUT2D eigenvalue weighted by atomic mass is 10.1. The molecule has 5 rings (SSSR count). The number of carbonyl (C=O) groups excluding carboxylic acids is 1. The third-order valence-corrected chi connectivity index (χ3v) is 6.36. The molecule has 11 heteroatoms. The van der Waals surface area contributed by atoms with Gasteiger partial charge in [-0.3, -0.25) is 19.2 Å². The number of pyridine rings is 1. The molecule has 0 radical (unpaired) electrons. The molecule has 0 bridgehead atoms. The van der Waals surface area contributed by atoms with Crippen molar-refractivity contribution in [2.45, 2.75) is 19.0 Å². The molecule has 1 unspecified atom stereocenters. The Bertz CT molecular complexity index is 1340. The van der Waals surface area contributed by atoms with Gasteiger partial charge in [-0.05, 0) is 23.8 Å². The highest BCUT2D eigenvalue weighted by Crippen LogP contribution is 2.25. The fourth-order valence-corrected chi connectivity index (χ4v) is 4.62. The number of carbonyl (C=O) groups is 1. The van der Waals surface area contributed by atoms with Gasteiger partial charge in [0.15, 0.2) is 0 Å². The zero-order valence-electron chi connectivity index (χ0n) is 20.4. The first kappa shape index (κ1) is 24.7. The number of benzene rings is 1. The Kier molecular flexibility index (Phi) is 7.57. The van der Waals surface area contributed by atoms with Crippen molar-refractivity contribution in [3.8, 4) is 11.7 Å². The lowest BCUT2D eigenvalue weighted by Crippen LogP contribution is -2.54. The van der Waals surface area contributed by atoms with E-state index >= 15 is 0 Å². The summed E-state index contributed by atoms with van der Waals surface area (Å²) in [5, 5.41) is 3.33. The summed E-state index contributed by atoms with van der Waals surface area (Å²) in [6.45, 7) is 2.89. The summed E-state index contributed by atoms with van der Waals surface area (Å²) in [7, 11) is 1.60. The lowest BCUT2D eigenvalue weighted by molar-refractivity contribution is -0.116. The lowest BCUT2D eigenvalue weighted by Gasteiger charge is -2.42. The van der Waals surface area contributed by atoms with E-state index in [1.807, 2.05) is 30.5 Å². The standard InChI is InChI=1S/C26H27ClN8O2/c1-37-22-6-2-5-20(12-22)30-25(36)13-21-17-33(16-19-4-3-7-28-15-19)10-11-35(21)24-14-23(27)31-26(32-24)34-9-8-29-18-34/h2-9,12,14-15,18,21H,10-11,13,16-17H2,1H3,(H,30,36). The van der Waals surface area contributed by atoms with E-state index < -0.39 is 0 Å². The predicted octanol–water partition coefficient (Wildman–Crippen LogP) is 3.44. The number of rotatable bonds is 8. The first-order valence-electron chi connectivity index (χ1n) is 11.9. The molecule has 1 fully saturated rings. The van der Waals surface area contributed by atoms with Gasteiger partial charge in [0.25, 0.3) is 0 Å². The van der Waals surface area contributed by atoms with Crippen LogP contribution in [-0.4, -0.2) is 68.1 Å². The molecule has 1 aliphatic heterocycles. The number of ether oxygens (including phenoxy) is 1. The number of imidazole rings is 1. The van der Waals surface area contributed by atoms with Crippen LogP contribution in [0.25, 0.3) is 5.95 Å². The molecule has 190 valence electrons. The average molecular weight is 519 g/mol. The number of piperazine rings is 1. The van der Waals surface area contributed by atoms with E-state index in [1.165, 1.54) is 0 Å². The fourth-order valence-electron chi connectivity index (χ4n) is 4.45. The van der Waals surface area contributed by atoms with Gasteiger partial charge >= 0.3 is 0 Å². The second-order valence-electron chi connectivity index (χ2n) is 8.75. The van der Waals surface area contributed by atoms with Crippen LogP contribution >= 0.6 is 11.6 Å². The van der Waals surface area contributed by atoms with Crippen molar-refractivity contribution in [2.75, 3.05) is 37.0 Å². The van der Waals surface area contributed by atoms with Crippen molar-refractivity contribution in [3.63, 3.8) is 0 Å². The molecule has 4 aromatic rings. The number of hydrogen-bond acceptors (Lipinski definition) is 8. The zero-order chi connectivity index (χ0) is 25.6. The minimum atomic E-state index is -0.141. The van der Waals surface area contributed by atoms with Gasteiger partial charge in [0.1, 0.15) is 23.0 Å². The first-order valence-corrected chi connectivity index (χ1v) is 12.3. The highest BCUT2D eigenvalue weighted by atomic mass is 35.5. The van der Waals surface area contributed by atoms with E-state index in [1.54, 1.807) is 48.7 Å². The maximum atomic E-state index is 13.2. The molecular weight excluding hydrogens is 492 g/mol. The molecule has 1 saturated heterocycles. The van der Waals surface area contributed by atoms with Crippen molar-refractivity contribution in [2.24, 2.45) is 0 Å². The van der Waals surface area contributed by atoms with Gasteiger partial charge in [-0.2, -0.15) is 4.98 Å². The van der Waals surface area contributed by atoms with Crippen LogP contribution < -0.4 is 15.0 Å². The molecule has 10 nitrogen and oxygen atoms in total. The Balaban J connectivity index is 1.38. The number of hydrogen-bond donors (Lipinski definition) is 1. The molecule has 4 heterocycles. The van der Waals surface area contributed by atoms with Crippen LogP contribution in [0.4, 0.5) is 11.5 Å². The van der Waals surface area contributed by atoms with E-state index in [9.17, 15) is 4.79 Å². The highest BCUT2D eigenvalue weighted by molar-refractivity contribution is 6.29. The van der Waals surface area contributed by atoms with E-state index in [4.69, 9.17) is 21.3 Å². The first-order chi connectivity index (χ1) is 18.1. The quantitative estimate of drug-likeness (QED) is 0.354. The molecule has 1 N–H and O–H groups in total. The molecule has 0 aliphatic carbocycles. The molecular formula is C26H27ClN8O2. The summed E-state index contributed by atoms with van der Waals surface area (Å²) in [6, 6.07) is 12.9. The van der Waals surface area contributed by atoms with Crippen molar-refractivity contribution in [1.29, 1.82) is 0 Å². The summed E-state index contributed by atoms with van der Waals surface area (Å²) in [4.78, 5) is 35.0.